The molecular weight excluding hydrogens is 409 g/mol. The van der Waals surface area contributed by atoms with Gasteiger partial charge in [-0.05, 0) is 17.1 Å². The molecule has 0 bridgehead atoms. The second-order valence-corrected chi connectivity index (χ2v) is 6.35. The van der Waals surface area contributed by atoms with Gasteiger partial charge in [-0.15, -0.1) is 5.10 Å². The third-order valence-electron chi connectivity index (χ3n) is 3.74. The van der Waals surface area contributed by atoms with Crippen molar-refractivity contribution >= 4 is 33.9 Å². The van der Waals surface area contributed by atoms with Crippen molar-refractivity contribution in [2.75, 3.05) is 43.7 Å². The van der Waals surface area contributed by atoms with Gasteiger partial charge in [0.05, 0.1) is 26.5 Å². The van der Waals surface area contributed by atoms with Crippen LogP contribution in [0.3, 0.4) is 0 Å². The van der Waals surface area contributed by atoms with Crippen molar-refractivity contribution < 1.29 is 24.0 Å². The molecule has 1 aliphatic heterocycles. The largest absolute Gasteiger partial charge is 0.504 e. The van der Waals surface area contributed by atoms with Crippen molar-refractivity contribution in [3.8, 4) is 11.5 Å². The average molecular weight is 427 g/mol. The van der Waals surface area contributed by atoms with Crippen molar-refractivity contribution in [2.45, 2.75) is 0 Å². The van der Waals surface area contributed by atoms with Gasteiger partial charge in [0.15, 0.2) is 11.5 Å². The van der Waals surface area contributed by atoms with E-state index in [1.54, 1.807) is 12.1 Å². The molecule has 0 radical (unpaired) electrons. The van der Waals surface area contributed by atoms with Gasteiger partial charge >= 0.3 is 5.95 Å². The third-order valence-corrected chi connectivity index (χ3v) is 4.20. The number of benzene rings is 1. The van der Waals surface area contributed by atoms with Crippen LogP contribution < -0.4 is 20.0 Å². The van der Waals surface area contributed by atoms with Crippen LogP contribution in [0.5, 0.6) is 11.5 Å². The van der Waals surface area contributed by atoms with Crippen LogP contribution in [0.1, 0.15) is 5.56 Å². The average Bonchev–Trinajstić information content (AvgIpc) is 2.66. The fourth-order valence-electron chi connectivity index (χ4n) is 2.45. The number of hydrogen-bond donors (Lipinski definition) is 2. The summed E-state index contributed by atoms with van der Waals surface area (Å²) < 4.78 is 25.1. The molecule has 10 heteroatoms. The molecule has 0 amide bonds. The van der Waals surface area contributed by atoms with Crippen molar-refractivity contribution in [2.24, 2.45) is 5.10 Å². The Kier molecular flexibility index (Phi) is 5.84. The van der Waals surface area contributed by atoms with Gasteiger partial charge in [0.1, 0.15) is 6.20 Å². The number of nitrogens with zero attached hydrogens (tertiary/aromatic N) is 3. The first-order valence-electron chi connectivity index (χ1n) is 7.85. The van der Waals surface area contributed by atoms with E-state index in [2.05, 4.69) is 36.4 Å². The number of aromatic hydroxyl groups is 1. The number of methoxy groups -OCH3 is 1. The number of aromatic amines is 1. The van der Waals surface area contributed by atoms with E-state index >= 15 is 0 Å². The SMILES string of the molecule is COc1cc(Br)cc(/C=N/Nc2nc(N3CCOCC3)c(F)c[nH+]2)c1O. The van der Waals surface area contributed by atoms with E-state index < -0.39 is 5.82 Å². The van der Waals surface area contributed by atoms with Crippen molar-refractivity contribution in [3.63, 3.8) is 0 Å². The third kappa shape index (κ3) is 4.20. The maximum Gasteiger partial charge on any atom is 0.415 e. The molecule has 3 rings (SSSR count). The summed E-state index contributed by atoms with van der Waals surface area (Å²) in [5, 5.41) is 14.1. The molecule has 2 heterocycles. The second-order valence-electron chi connectivity index (χ2n) is 5.44. The van der Waals surface area contributed by atoms with Gasteiger partial charge < -0.3 is 19.5 Å². The van der Waals surface area contributed by atoms with Crippen LogP contribution >= 0.6 is 15.9 Å². The van der Waals surface area contributed by atoms with Crippen LogP contribution in [0.15, 0.2) is 27.9 Å². The number of anilines is 2. The monoisotopic (exact) mass is 426 g/mol. The Labute approximate surface area is 157 Å². The van der Waals surface area contributed by atoms with E-state index in [-0.39, 0.29) is 17.5 Å². The fraction of sp³-hybridized carbons (Fsp3) is 0.312. The number of nitrogens with one attached hydrogen (secondary N) is 2. The summed E-state index contributed by atoms with van der Waals surface area (Å²) in [7, 11) is 1.46. The Balaban J connectivity index is 1.76. The molecule has 1 aromatic heterocycles. The number of rotatable bonds is 5. The molecule has 0 unspecified atom stereocenters. The number of H-pyrrole nitrogens is 1. The Bertz CT molecular complexity index is 815. The molecule has 3 N–H and O–H groups in total. The van der Waals surface area contributed by atoms with Gasteiger partial charge in [-0.25, -0.2) is 4.98 Å². The number of hydrogen-bond acceptors (Lipinski definition) is 7. The van der Waals surface area contributed by atoms with Crippen molar-refractivity contribution in [1.29, 1.82) is 0 Å². The zero-order chi connectivity index (χ0) is 18.5. The highest BCUT2D eigenvalue weighted by atomic mass is 79.9. The van der Waals surface area contributed by atoms with Gasteiger partial charge in [-0.2, -0.15) is 9.82 Å². The number of aromatic nitrogens is 2. The van der Waals surface area contributed by atoms with Crippen LogP contribution in [0.2, 0.25) is 0 Å². The van der Waals surface area contributed by atoms with E-state index in [4.69, 9.17) is 9.47 Å². The first-order valence-corrected chi connectivity index (χ1v) is 8.64. The summed E-state index contributed by atoms with van der Waals surface area (Å²) in [6.07, 6.45) is 2.63. The summed E-state index contributed by atoms with van der Waals surface area (Å²) in [5.74, 6) is 0.339. The molecule has 0 atom stereocenters. The van der Waals surface area contributed by atoms with E-state index in [1.165, 1.54) is 19.5 Å². The number of halogens is 2. The minimum absolute atomic E-state index is 0.0358. The lowest BCUT2D eigenvalue weighted by Crippen LogP contribution is -2.38. The molecule has 2 aromatic rings. The molecule has 1 saturated heterocycles. The minimum atomic E-state index is -0.448. The molecule has 0 spiro atoms. The highest BCUT2D eigenvalue weighted by Crippen LogP contribution is 2.32. The summed E-state index contributed by atoms with van der Waals surface area (Å²) >= 11 is 3.34. The van der Waals surface area contributed by atoms with E-state index in [1.807, 2.05) is 4.90 Å². The molecule has 8 nitrogen and oxygen atoms in total. The highest BCUT2D eigenvalue weighted by Gasteiger charge is 2.22. The standard InChI is InChI=1S/C16H17BrFN5O3/c1-25-13-7-11(17)6-10(14(13)24)8-20-22-16-19-9-12(18)15(21-16)23-2-4-26-5-3-23/h6-9,24H,2-5H2,1H3,(H,19,21,22)/p+1/b20-8+. The van der Waals surface area contributed by atoms with E-state index in [0.717, 1.165) is 4.47 Å². The first kappa shape index (κ1) is 18.3. The molecule has 0 aliphatic carbocycles. The zero-order valence-corrected chi connectivity index (χ0v) is 15.6. The van der Waals surface area contributed by atoms with Crippen LogP contribution in [0.25, 0.3) is 0 Å². The lowest BCUT2D eigenvalue weighted by Gasteiger charge is -2.25. The summed E-state index contributed by atoms with van der Waals surface area (Å²) in [6.45, 7) is 2.21. The van der Waals surface area contributed by atoms with Crippen LogP contribution in [0, 0.1) is 5.82 Å². The molecule has 0 saturated carbocycles. The fourth-order valence-corrected chi connectivity index (χ4v) is 2.91. The summed E-state index contributed by atoms with van der Waals surface area (Å²) in [4.78, 5) is 8.72. The van der Waals surface area contributed by atoms with Gasteiger partial charge in [0.25, 0.3) is 0 Å². The maximum absolute atomic E-state index is 14.0. The zero-order valence-electron chi connectivity index (χ0n) is 14.0. The number of ether oxygens (including phenoxy) is 2. The molecule has 1 fully saturated rings. The Morgan fingerprint density at radius 1 is 1.46 bits per heavy atom. The molecule has 138 valence electrons. The Morgan fingerprint density at radius 3 is 2.96 bits per heavy atom. The van der Waals surface area contributed by atoms with E-state index in [0.29, 0.717) is 37.6 Å². The quantitative estimate of drug-likeness (QED) is 0.559. The van der Waals surface area contributed by atoms with Gasteiger partial charge in [0.2, 0.25) is 11.6 Å². The van der Waals surface area contributed by atoms with E-state index in [9.17, 15) is 9.50 Å². The predicted octanol–water partition coefficient (Wildman–Crippen LogP) is 1.79. The first-order chi connectivity index (χ1) is 12.6. The van der Waals surface area contributed by atoms with Crippen LogP contribution in [0.4, 0.5) is 16.2 Å². The highest BCUT2D eigenvalue weighted by molar-refractivity contribution is 9.10. The lowest BCUT2D eigenvalue weighted by molar-refractivity contribution is -0.367. The Morgan fingerprint density at radius 2 is 2.23 bits per heavy atom. The second kappa shape index (κ2) is 8.28. The smallest absolute Gasteiger partial charge is 0.415 e. The minimum Gasteiger partial charge on any atom is -0.504 e. The Hall–Kier alpha value is -2.46. The van der Waals surface area contributed by atoms with Crippen molar-refractivity contribution in [3.05, 3.63) is 34.2 Å². The normalized spacial score (nSPS) is 14.7. The van der Waals surface area contributed by atoms with Gasteiger partial charge in [-0.1, -0.05) is 15.9 Å². The number of phenolic OH excluding ortho intramolecular Hbond substituents is 1. The number of morpholine rings is 1. The summed E-state index contributed by atoms with van der Waals surface area (Å²) in [6, 6.07) is 3.33. The predicted molar refractivity (Wildman–Crippen MR) is 97.4 cm³/mol. The molecule has 26 heavy (non-hydrogen) atoms. The maximum atomic E-state index is 14.0. The number of phenols is 1. The summed E-state index contributed by atoms with van der Waals surface area (Å²) in [5.41, 5.74) is 3.14. The van der Waals surface area contributed by atoms with Crippen molar-refractivity contribution in [1.82, 2.24) is 4.98 Å². The molecule has 1 aromatic carbocycles. The van der Waals surface area contributed by atoms with Crippen LogP contribution in [-0.4, -0.2) is 49.7 Å². The van der Waals surface area contributed by atoms with Gasteiger partial charge in [0, 0.05) is 23.1 Å². The molecule has 1 aliphatic rings. The topological polar surface area (TPSA) is 93.4 Å². The van der Waals surface area contributed by atoms with Gasteiger partial charge in [-0.3, -0.25) is 0 Å². The molecular formula is C16H18BrFN5O3+. The lowest BCUT2D eigenvalue weighted by atomic mass is 10.2. The van der Waals surface area contributed by atoms with Crippen LogP contribution in [-0.2, 0) is 4.74 Å². The number of hydrazone groups is 1.